The molecule has 2 aromatic carbocycles. The second kappa shape index (κ2) is 12.2. The molecule has 0 radical (unpaired) electrons. The van der Waals surface area contributed by atoms with E-state index in [0.29, 0.717) is 12.2 Å². The van der Waals surface area contributed by atoms with Crippen molar-refractivity contribution in [3.8, 4) is 0 Å². The Hall–Kier alpha value is -3.79. The molecule has 0 unspecified atom stereocenters. The van der Waals surface area contributed by atoms with Crippen LogP contribution in [0.15, 0.2) is 89.1 Å². The van der Waals surface area contributed by atoms with Gasteiger partial charge in [0, 0.05) is 18.7 Å². The van der Waals surface area contributed by atoms with Crippen molar-refractivity contribution in [2.45, 2.75) is 57.5 Å². The molecule has 1 aliphatic heterocycles. The zero-order valence-electron chi connectivity index (χ0n) is 21.5. The van der Waals surface area contributed by atoms with E-state index >= 15 is 0 Å². The molecule has 3 aromatic rings. The fourth-order valence-electron chi connectivity index (χ4n) is 4.63. The Morgan fingerprint density at radius 3 is 2.32 bits per heavy atom. The predicted molar refractivity (Wildman–Crippen MR) is 140 cm³/mol. The number of nitrogens with one attached hydrogen (secondary N) is 1. The summed E-state index contributed by atoms with van der Waals surface area (Å²) in [6.45, 7) is 7.35. The number of aromatic amines is 1. The molecule has 4 rings (SSSR count). The minimum absolute atomic E-state index is 0.0682. The average molecular weight is 521 g/mol. The Morgan fingerprint density at radius 2 is 1.71 bits per heavy atom. The first kappa shape index (κ1) is 27.3. The number of aryl methyl sites for hydroxylation is 1. The Balaban J connectivity index is 1.73. The summed E-state index contributed by atoms with van der Waals surface area (Å²) in [5, 5.41) is 0. The second-order valence-corrected chi connectivity index (χ2v) is 9.31. The summed E-state index contributed by atoms with van der Waals surface area (Å²) >= 11 is 0. The third-order valence-electron chi connectivity index (χ3n) is 6.40. The highest BCUT2D eigenvalue weighted by Crippen LogP contribution is 2.43. The summed E-state index contributed by atoms with van der Waals surface area (Å²) in [6, 6.07) is 19.2. The molecule has 200 valence electrons. The zero-order chi connectivity index (χ0) is 27.1. The average Bonchev–Trinajstić information content (AvgIpc) is 3.18. The van der Waals surface area contributed by atoms with E-state index in [1.54, 1.807) is 13.0 Å². The highest BCUT2D eigenvalue weighted by Gasteiger charge is 2.58. The van der Waals surface area contributed by atoms with Crippen molar-refractivity contribution in [3.63, 3.8) is 0 Å². The summed E-state index contributed by atoms with van der Waals surface area (Å²) in [5.74, 6) is -0.564. The van der Waals surface area contributed by atoms with Crippen molar-refractivity contribution in [3.05, 3.63) is 117 Å². The maximum atomic E-state index is 12.9. The summed E-state index contributed by atoms with van der Waals surface area (Å²) in [6.07, 6.45) is 0.434. The SMILES string of the molecule is C=CC[C@]1(COCc2ccccc2)O[C@@H](n2cc(C)c(=O)[nH]c2=O)[C@H](OC(C)=O)[C@@H]1OCc1ccccc1. The van der Waals surface area contributed by atoms with Gasteiger partial charge in [0.15, 0.2) is 12.3 Å². The molecule has 0 bridgehead atoms. The number of esters is 1. The van der Waals surface area contributed by atoms with Gasteiger partial charge >= 0.3 is 11.7 Å². The molecule has 9 nitrogen and oxygen atoms in total. The Morgan fingerprint density at radius 1 is 1.08 bits per heavy atom. The summed E-state index contributed by atoms with van der Waals surface area (Å²) < 4.78 is 26.0. The number of rotatable bonds is 11. The molecule has 2 heterocycles. The third kappa shape index (κ3) is 6.19. The molecule has 1 fully saturated rings. The minimum atomic E-state index is -1.15. The Kier molecular flexibility index (Phi) is 8.73. The van der Waals surface area contributed by atoms with Gasteiger partial charge in [0.2, 0.25) is 0 Å². The van der Waals surface area contributed by atoms with Gasteiger partial charge in [-0.05, 0) is 24.5 Å². The lowest BCUT2D eigenvalue weighted by Gasteiger charge is -2.34. The van der Waals surface area contributed by atoms with Crippen molar-refractivity contribution in [2.24, 2.45) is 0 Å². The molecule has 1 N–H and O–H groups in total. The normalized spacial score (nSPS) is 22.7. The number of ether oxygens (including phenoxy) is 4. The van der Waals surface area contributed by atoms with Crippen LogP contribution in [-0.4, -0.2) is 39.9 Å². The highest BCUT2D eigenvalue weighted by molar-refractivity contribution is 5.66. The first-order valence-electron chi connectivity index (χ1n) is 12.4. The van der Waals surface area contributed by atoms with Gasteiger partial charge in [-0.15, -0.1) is 6.58 Å². The van der Waals surface area contributed by atoms with Gasteiger partial charge in [-0.2, -0.15) is 0 Å². The van der Waals surface area contributed by atoms with Gasteiger partial charge in [-0.3, -0.25) is 19.1 Å². The van der Waals surface area contributed by atoms with E-state index in [1.165, 1.54) is 17.7 Å². The van der Waals surface area contributed by atoms with Crippen LogP contribution < -0.4 is 11.2 Å². The van der Waals surface area contributed by atoms with Crippen molar-refractivity contribution >= 4 is 5.97 Å². The number of hydrogen-bond donors (Lipinski definition) is 1. The standard InChI is InChI=1S/C29H32N2O7/c1-4-15-29(19-35-17-22-11-7-5-8-12-22)25(36-18-23-13-9-6-10-14-23)24(37-21(3)32)27(38-29)31-16-20(2)26(33)30-28(31)34/h4-14,16,24-25,27H,1,15,17-19H2,2-3H3,(H,30,33,34)/t24-,25+,27-,29-/m1/s1. The van der Waals surface area contributed by atoms with E-state index in [9.17, 15) is 14.4 Å². The lowest BCUT2D eigenvalue weighted by Crippen LogP contribution is -2.49. The van der Waals surface area contributed by atoms with E-state index in [4.69, 9.17) is 18.9 Å². The fourth-order valence-corrected chi connectivity index (χ4v) is 4.63. The quantitative estimate of drug-likeness (QED) is 0.305. The van der Waals surface area contributed by atoms with E-state index in [1.807, 2.05) is 60.7 Å². The van der Waals surface area contributed by atoms with E-state index in [-0.39, 0.29) is 19.6 Å². The summed E-state index contributed by atoms with van der Waals surface area (Å²) in [5.41, 5.74) is -0.163. The van der Waals surface area contributed by atoms with Crippen molar-refractivity contribution in [2.75, 3.05) is 6.61 Å². The van der Waals surface area contributed by atoms with Crippen LogP contribution in [0.25, 0.3) is 0 Å². The molecular formula is C29H32N2O7. The zero-order valence-corrected chi connectivity index (χ0v) is 21.5. The number of benzene rings is 2. The molecule has 0 aliphatic carbocycles. The van der Waals surface area contributed by atoms with Gasteiger partial charge in [0.25, 0.3) is 5.56 Å². The number of carbonyl (C=O) groups is 1. The van der Waals surface area contributed by atoms with E-state index in [0.717, 1.165) is 11.1 Å². The fraction of sp³-hybridized carbons (Fsp3) is 0.345. The first-order valence-corrected chi connectivity index (χ1v) is 12.4. The van der Waals surface area contributed by atoms with Gasteiger partial charge in [0.05, 0.1) is 19.8 Å². The van der Waals surface area contributed by atoms with E-state index in [2.05, 4.69) is 11.6 Å². The molecule has 1 saturated heterocycles. The molecule has 0 amide bonds. The number of hydrogen-bond acceptors (Lipinski definition) is 7. The monoisotopic (exact) mass is 520 g/mol. The van der Waals surface area contributed by atoms with Crippen LogP contribution in [0, 0.1) is 6.92 Å². The summed E-state index contributed by atoms with van der Waals surface area (Å²) in [4.78, 5) is 39.4. The molecule has 4 atom stereocenters. The second-order valence-electron chi connectivity index (χ2n) is 9.31. The molecule has 1 aromatic heterocycles. The van der Waals surface area contributed by atoms with Crippen molar-refractivity contribution in [1.82, 2.24) is 9.55 Å². The van der Waals surface area contributed by atoms with Crippen molar-refractivity contribution in [1.29, 1.82) is 0 Å². The van der Waals surface area contributed by atoms with Crippen LogP contribution in [0.4, 0.5) is 0 Å². The van der Waals surface area contributed by atoms with Gasteiger partial charge in [-0.1, -0.05) is 66.7 Å². The highest BCUT2D eigenvalue weighted by atomic mass is 16.6. The van der Waals surface area contributed by atoms with Gasteiger partial charge in [0.1, 0.15) is 11.7 Å². The number of aromatic nitrogens is 2. The van der Waals surface area contributed by atoms with Gasteiger partial charge < -0.3 is 18.9 Å². The van der Waals surface area contributed by atoms with Crippen LogP contribution in [0.3, 0.4) is 0 Å². The lowest BCUT2D eigenvalue weighted by molar-refractivity contribution is -0.160. The maximum absolute atomic E-state index is 12.9. The first-order chi connectivity index (χ1) is 18.3. The number of carbonyl (C=O) groups excluding carboxylic acids is 1. The largest absolute Gasteiger partial charge is 0.455 e. The molecule has 1 aliphatic rings. The molecule has 0 spiro atoms. The van der Waals surface area contributed by atoms with Crippen LogP contribution in [-0.2, 0) is 37.0 Å². The Labute approximate surface area is 220 Å². The number of H-pyrrole nitrogens is 1. The van der Waals surface area contributed by atoms with Crippen LogP contribution >= 0.6 is 0 Å². The van der Waals surface area contributed by atoms with Crippen LogP contribution in [0.2, 0.25) is 0 Å². The number of nitrogens with zero attached hydrogens (tertiary/aromatic N) is 1. The van der Waals surface area contributed by atoms with Crippen molar-refractivity contribution < 1.29 is 23.7 Å². The summed E-state index contributed by atoms with van der Waals surface area (Å²) in [7, 11) is 0. The topological polar surface area (TPSA) is 109 Å². The smallest absolute Gasteiger partial charge is 0.330 e. The minimum Gasteiger partial charge on any atom is -0.455 e. The molecule has 38 heavy (non-hydrogen) atoms. The molecular weight excluding hydrogens is 488 g/mol. The molecule has 0 saturated carbocycles. The predicted octanol–water partition coefficient (Wildman–Crippen LogP) is 3.42. The van der Waals surface area contributed by atoms with Crippen LogP contribution in [0.1, 0.15) is 36.3 Å². The third-order valence-corrected chi connectivity index (χ3v) is 6.40. The van der Waals surface area contributed by atoms with Gasteiger partial charge in [-0.25, -0.2) is 4.79 Å². The lowest BCUT2D eigenvalue weighted by atomic mass is 9.91. The molecule has 9 heteroatoms. The van der Waals surface area contributed by atoms with Crippen LogP contribution in [0.5, 0.6) is 0 Å². The Bertz CT molecular complexity index is 1350. The maximum Gasteiger partial charge on any atom is 0.330 e. The van der Waals surface area contributed by atoms with E-state index < -0.39 is 41.3 Å².